The zero-order chi connectivity index (χ0) is 13.1. The lowest BCUT2D eigenvalue weighted by Crippen LogP contribution is -2.37. The first-order valence-electron chi connectivity index (χ1n) is 6.66. The molecule has 4 atom stereocenters. The number of amides is 1. The summed E-state index contributed by atoms with van der Waals surface area (Å²) in [6, 6.07) is 0.304. The van der Waals surface area contributed by atoms with Gasteiger partial charge < -0.3 is 10.4 Å². The zero-order valence-electron chi connectivity index (χ0n) is 10.7. The average Bonchev–Trinajstić information content (AvgIpc) is 2.97. The quantitative estimate of drug-likeness (QED) is 0.819. The van der Waals surface area contributed by atoms with E-state index in [0.29, 0.717) is 24.1 Å². The van der Waals surface area contributed by atoms with Gasteiger partial charge in [-0.1, -0.05) is 0 Å². The van der Waals surface area contributed by atoms with Crippen LogP contribution in [0.4, 0.5) is 0 Å². The normalized spacial score (nSPS) is 35.6. The van der Waals surface area contributed by atoms with Gasteiger partial charge in [0.05, 0.1) is 5.92 Å². The highest BCUT2D eigenvalue weighted by Gasteiger charge is 2.35. The first-order valence-corrected chi connectivity index (χ1v) is 7.95. The lowest BCUT2D eigenvalue weighted by molar-refractivity contribution is -0.141. The summed E-state index contributed by atoms with van der Waals surface area (Å²) in [5.41, 5.74) is 0. The Kier molecular flexibility index (Phi) is 4.54. The molecule has 0 bridgehead atoms. The lowest BCUT2D eigenvalue weighted by atomic mass is 10.0. The number of aliphatic carboxylic acids is 1. The molecule has 2 aliphatic carbocycles. The molecule has 0 saturated heterocycles. The van der Waals surface area contributed by atoms with E-state index < -0.39 is 5.97 Å². The first-order chi connectivity index (χ1) is 8.60. The summed E-state index contributed by atoms with van der Waals surface area (Å²) in [4.78, 5) is 22.9. The number of nitrogens with one attached hydrogen (secondary N) is 1. The summed E-state index contributed by atoms with van der Waals surface area (Å²) in [7, 11) is 0. The number of rotatable bonds is 4. The molecule has 2 aliphatic rings. The van der Waals surface area contributed by atoms with Crippen LogP contribution in [0.15, 0.2) is 0 Å². The Labute approximate surface area is 112 Å². The minimum atomic E-state index is -0.756. The Morgan fingerprint density at radius 1 is 1.11 bits per heavy atom. The molecule has 2 rings (SSSR count). The second-order valence-electron chi connectivity index (χ2n) is 5.42. The van der Waals surface area contributed by atoms with E-state index in [0.717, 1.165) is 19.3 Å². The van der Waals surface area contributed by atoms with Crippen molar-refractivity contribution in [2.45, 2.75) is 49.8 Å². The Hall–Kier alpha value is -0.710. The van der Waals surface area contributed by atoms with Crippen molar-refractivity contribution < 1.29 is 14.7 Å². The summed E-state index contributed by atoms with van der Waals surface area (Å²) >= 11 is 1.87. The second-order valence-corrected chi connectivity index (χ2v) is 6.56. The molecule has 0 aromatic carbocycles. The van der Waals surface area contributed by atoms with Gasteiger partial charge in [0, 0.05) is 17.2 Å². The maximum Gasteiger partial charge on any atom is 0.306 e. The van der Waals surface area contributed by atoms with Crippen LogP contribution < -0.4 is 5.32 Å². The molecule has 0 aliphatic heterocycles. The minimum absolute atomic E-state index is 0.0745. The van der Waals surface area contributed by atoms with Crippen molar-refractivity contribution in [2.75, 3.05) is 6.26 Å². The zero-order valence-corrected chi connectivity index (χ0v) is 11.5. The van der Waals surface area contributed by atoms with Gasteiger partial charge in [-0.25, -0.2) is 0 Å². The molecule has 2 N–H and O–H groups in total. The minimum Gasteiger partial charge on any atom is -0.481 e. The van der Waals surface area contributed by atoms with E-state index in [1.807, 2.05) is 11.8 Å². The molecule has 0 aromatic rings. The molecular weight excluding hydrogens is 250 g/mol. The van der Waals surface area contributed by atoms with Crippen LogP contribution in [-0.2, 0) is 9.59 Å². The molecule has 0 heterocycles. The van der Waals surface area contributed by atoms with E-state index >= 15 is 0 Å². The van der Waals surface area contributed by atoms with E-state index in [1.165, 1.54) is 6.42 Å². The highest BCUT2D eigenvalue weighted by molar-refractivity contribution is 7.99. The standard InChI is InChI=1S/C13H21NO3S/c1-18-11-5-4-10(7-11)14-12(15)8-2-3-9(6-8)13(16)17/h8-11H,2-7H2,1H3,(H,14,15)(H,16,17). The van der Waals surface area contributed by atoms with Gasteiger partial charge in [-0.3, -0.25) is 9.59 Å². The Balaban J connectivity index is 1.77. The van der Waals surface area contributed by atoms with Gasteiger partial charge in [-0.15, -0.1) is 0 Å². The molecule has 2 saturated carbocycles. The van der Waals surface area contributed by atoms with Gasteiger partial charge in [0.1, 0.15) is 0 Å². The van der Waals surface area contributed by atoms with Gasteiger partial charge in [-0.2, -0.15) is 11.8 Å². The highest BCUT2D eigenvalue weighted by Crippen LogP contribution is 2.32. The molecule has 102 valence electrons. The van der Waals surface area contributed by atoms with Crippen LogP contribution in [0.1, 0.15) is 38.5 Å². The van der Waals surface area contributed by atoms with Gasteiger partial charge in [0.25, 0.3) is 0 Å². The van der Waals surface area contributed by atoms with Crippen LogP contribution in [-0.4, -0.2) is 34.5 Å². The second kappa shape index (κ2) is 5.95. The first kappa shape index (κ1) is 13.7. The third kappa shape index (κ3) is 3.19. The van der Waals surface area contributed by atoms with E-state index in [1.54, 1.807) is 0 Å². The largest absolute Gasteiger partial charge is 0.481 e. The molecule has 4 nitrogen and oxygen atoms in total. The Morgan fingerprint density at radius 2 is 1.83 bits per heavy atom. The van der Waals surface area contributed by atoms with E-state index in [-0.39, 0.29) is 17.7 Å². The van der Waals surface area contributed by atoms with Crippen molar-refractivity contribution in [3.05, 3.63) is 0 Å². The Bertz CT molecular complexity index is 334. The number of thioether (sulfide) groups is 1. The fourth-order valence-electron chi connectivity index (χ4n) is 3.05. The topological polar surface area (TPSA) is 66.4 Å². The number of carbonyl (C=O) groups is 2. The number of hydrogen-bond acceptors (Lipinski definition) is 3. The van der Waals surface area contributed by atoms with E-state index in [4.69, 9.17) is 5.11 Å². The fourth-order valence-corrected chi connectivity index (χ4v) is 3.84. The van der Waals surface area contributed by atoms with Crippen molar-refractivity contribution in [3.8, 4) is 0 Å². The maximum atomic E-state index is 12.1. The molecule has 0 radical (unpaired) electrons. The maximum absolute atomic E-state index is 12.1. The monoisotopic (exact) mass is 271 g/mol. The highest BCUT2D eigenvalue weighted by atomic mass is 32.2. The number of carbonyl (C=O) groups excluding carboxylic acids is 1. The molecule has 4 unspecified atom stereocenters. The van der Waals surface area contributed by atoms with Crippen molar-refractivity contribution >= 4 is 23.6 Å². The summed E-state index contributed by atoms with van der Waals surface area (Å²) in [5, 5.41) is 12.7. The third-order valence-electron chi connectivity index (χ3n) is 4.22. The van der Waals surface area contributed by atoms with Crippen molar-refractivity contribution in [1.29, 1.82) is 0 Å². The van der Waals surface area contributed by atoms with Gasteiger partial charge in [0.2, 0.25) is 5.91 Å². The molecule has 2 fully saturated rings. The predicted octanol–water partition coefficient (Wildman–Crippen LogP) is 1.89. The smallest absolute Gasteiger partial charge is 0.306 e. The lowest BCUT2D eigenvalue weighted by Gasteiger charge is -2.16. The van der Waals surface area contributed by atoms with Crippen LogP contribution >= 0.6 is 11.8 Å². The van der Waals surface area contributed by atoms with Gasteiger partial charge in [0.15, 0.2) is 0 Å². The SMILES string of the molecule is CSC1CCC(NC(=O)C2CCC(C(=O)O)C2)C1. The fraction of sp³-hybridized carbons (Fsp3) is 0.846. The van der Waals surface area contributed by atoms with E-state index in [9.17, 15) is 9.59 Å². The van der Waals surface area contributed by atoms with Crippen LogP contribution in [0.25, 0.3) is 0 Å². The number of carboxylic acids is 1. The van der Waals surface area contributed by atoms with Gasteiger partial charge in [-0.05, 0) is 44.8 Å². The Morgan fingerprint density at radius 3 is 2.39 bits per heavy atom. The van der Waals surface area contributed by atoms with Crippen LogP contribution in [0.3, 0.4) is 0 Å². The molecule has 18 heavy (non-hydrogen) atoms. The number of carboxylic acid groups (broad SMARTS) is 1. The molecule has 0 spiro atoms. The summed E-state index contributed by atoms with van der Waals surface area (Å²) < 4.78 is 0. The van der Waals surface area contributed by atoms with Crippen molar-refractivity contribution in [3.63, 3.8) is 0 Å². The van der Waals surface area contributed by atoms with Crippen molar-refractivity contribution in [2.24, 2.45) is 11.8 Å². The van der Waals surface area contributed by atoms with Crippen molar-refractivity contribution in [1.82, 2.24) is 5.32 Å². The predicted molar refractivity (Wildman–Crippen MR) is 71.6 cm³/mol. The summed E-state index contributed by atoms with van der Waals surface area (Å²) in [6.45, 7) is 0. The van der Waals surface area contributed by atoms with Crippen LogP contribution in [0.2, 0.25) is 0 Å². The molecule has 5 heteroatoms. The summed E-state index contributed by atoms with van der Waals surface area (Å²) in [6.07, 6.45) is 7.29. The molecule has 1 amide bonds. The molecular formula is C13H21NO3S. The summed E-state index contributed by atoms with van der Waals surface area (Å²) in [5.74, 6) is -1.08. The third-order valence-corrected chi connectivity index (χ3v) is 5.31. The van der Waals surface area contributed by atoms with Gasteiger partial charge >= 0.3 is 5.97 Å². The van der Waals surface area contributed by atoms with E-state index in [2.05, 4.69) is 11.6 Å². The van der Waals surface area contributed by atoms with Crippen LogP contribution in [0, 0.1) is 11.8 Å². The number of hydrogen-bond donors (Lipinski definition) is 2. The average molecular weight is 271 g/mol. The molecule has 0 aromatic heterocycles. The van der Waals surface area contributed by atoms with Crippen LogP contribution in [0.5, 0.6) is 0 Å².